The van der Waals surface area contributed by atoms with Crippen molar-refractivity contribution in [2.75, 3.05) is 6.54 Å². The summed E-state index contributed by atoms with van der Waals surface area (Å²) < 4.78 is 24.6. The first-order valence-corrected chi connectivity index (χ1v) is 8.01. The molecule has 2 aliphatic rings. The van der Waals surface area contributed by atoms with Gasteiger partial charge in [0.15, 0.2) is 0 Å². The van der Waals surface area contributed by atoms with Gasteiger partial charge in [-0.1, -0.05) is 13.0 Å². The van der Waals surface area contributed by atoms with Crippen molar-refractivity contribution in [2.24, 2.45) is 5.92 Å². The van der Waals surface area contributed by atoms with Gasteiger partial charge in [0.25, 0.3) is 0 Å². The number of rotatable bonds is 6. The molecule has 0 aliphatic carbocycles. The van der Waals surface area contributed by atoms with E-state index in [1.807, 2.05) is 6.92 Å². The average molecular weight is 307 g/mol. The van der Waals surface area contributed by atoms with E-state index in [9.17, 15) is 9.18 Å². The summed E-state index contributed by atoms with van der Waals surface area (Å²) in [6.07, 6.45) is 3.84. The summed E-state index contributed by atoms with van der Waals surface area (Å²) in [5, 5.41) is 2.96. The third-order valence-electron chi connectivity index (χ3n) is 4.50. The van der Waals surface area contributed by atoms with Crippen LogP contribution in [0.25, 0.3) is 0 Å². The van der Waals surface area contributed by atoms with Crippen LogP contribution in [0.4, 0.5) is 4.39 Å². The molecule has 3 rings (SSSR count). The molecule has 4 unspecified atom stereocenters. The Morgan fingerprint density at radius 2 is 2.36 bits per heavy atom. The number of nitrogens with one attached hydrogen (secondary N) is 1. The molecule has 2 heterocycles. The van der Waals surface area contributed by atoms with Gasteiger partial charge < -0.3 is 14.8 Å². The van der Waals surface area contributed by atoms with Crippen LogP contribution in [0, 0.1) is 11.7 Å². The fourth-order valence-corrected chi connectivity index (χ4v) is 3.26. The third-order valence-corrected chi connectivity index (χ3v) is 4.50. The zero-order chi connectivity index (χ0) is 15.5. The fourth-order valence-electron chi connectivity index (χ4n) is 3.26. The van der Waals surface area contributed by atoms with Crippen molar-refractivity contribution in [3.05, 3.63) is 30.1 Å². The number of ether oxygens (including phenoxy) is 2. The summed E-state index contributed by atoms with van der Waals surface area (Å²) in [5.74, 6) is 0.193. The molecular formula is C17H22FNO3. The predicted octanol–water partition coefficient (Wildman–Crippen LogP) is 2.67. The van der Waals surface area contributed by atoms with Crippen molar-refractivity contribution >= 4 is 5.91 Å². The van der Waals surface area contributed by atoms with E-state index in [1.165, 1.54) is 12.1 Å². The Morgan fingerprint density at radius 1 is 1.50 bits per heavy atom. The highest BCUT2D eigenvalue weighted by Crippen LogP contribution is 2.38. The van der Waals surface area contributed by atoms with Crippen LogP contribution in [0.5, 0.6) is 5.75 Å². The van der Waals surface area contributed by atoms with Crippen molar-refractivity contribution in [3.63, 3.8) is 0 Å². The van der Waals surface area contributed by atoms with Crippen LogP contribution in [0.1, 0.15) is 32.6 Å². The highest BCUT2D eigenvalue weighted by Gasteiger charge is 2.44. The Balaban J connectivity index is 1.49. The van der Waals surface area contributed by atoms with E-state index in [0.717, 1.165) is 25.7 Å². The van der Waals surface area contributed by atoms with Gasteiger partial charge in [-0.3, -0.25) is 4.79 Å². The summed E-state index contributed by atoms with van der Waals surface area (Å²) in [5.41, 5.74) is 0. The van der Waals surface area contributed by atoms with Crippen LogP contribution >= 0.6 is 0 Å². The Kier molecular flexibility index (Phi) is 4.62. The molecule has 1 aromatic carbocycles. The maximum absolute atomic E-state index is 13.2. The zero-order valence-corrected chi connectivity index (χ0v) is 12.8. The lowest BCUT2D eigenvalue weighted by Crippen LogP contribution is -2.41. The second-order valence-corrected chi connectivity index (χ2v) is 6.07. The number of carbonyl (C=O) groups excluding carboxylic acids is 1. The van der Waals surface area contributed by atoms with Crippen LogP contribution < -0.4 is 10.1 Å². The van der Waals surface area contributed by atoms with Gasteiger partial charge in [-0.05, 0) is 37.8 Å². The van der Waals surface area contributed by atoms with Crippen molar-refractivity contribution in [1.29, 1.82) is 0 Å². The zero-order valence-electron chi connectivity index (χ0n) is 12.8. The number of amides is 1. The minimum absolute atomic E-state index is 0.0228. The van der Waals surface area contributed by atoms with Gasteiger partial charge in [0.1, 0.15) is 17.7 Å². The minimum atomic E-state index is -0.324. The van der Waals surface area contributed by atoms with Gasteiger partial charge in [-0.15, -0.1) is 0 Å². The molecule has 0 aromatic heterocycles. The number of carbonyl (C=O) groups is 1. The van der Waals surface area contributed by atoms with E-state index in [4.69, 9.17) is 9.47 Å². The van der Waals surface area contributed by atoms with Crippen LogP contribution in [0.15, 0.2) is 24.3 Å². The standard InChI is InChI=1S/C17H22FNO3/c1-2-12(21-13-5-3-4-11(18)8-13)10-19-17(20)15-9-14-6-7-16(15)22-14/h3-5,8,12,14-16H,2,6-7,9-10H2,1H3,(H,19,20). The Morgan fingerprint density at radius 3 is 3.00 bits per heavy atom. The first-order chi connectivity index (χ1) is 10.7. The lowest BCUT2D eigenvalue weighted by atomic mass is 9.88. The van der Waals surface area contributed by atoms with Gasteiger partial charge in [0, 0.05) is 6.07 Å². The van der Waals surface area contributed by atoms with E-state index < -0.39 is 0 Å². The van der Waals surface area contributed by atoms with Gasteiger partial charge in [-0.25, -0.2) is 4.39 Å². The Labute approximate surface area is 130 Å². The summed E-state index contributed by atoms with van der Waals surface area (Å²) in [7, 11) is 0. The molecule has 1 N–H and O–H groups in total. The van der Waals surface area contributed by atoms with Gasteiger partial charge in [0.05, 0.1) is 24.7 Å². The Bertz CT molecular complexity index is 536. The third kappa shape index (κ3) is 3.40. The highest BCUT2D eigenvalue weighted by atomic mass is 19.1. The minimum Gasteiger partial charge on any atom is -0.489 e. The molecule has 2 aliphatic heterocycles. The lowest BCUT2D eigenvalue weighted by Gasteiger charge is -2.21. The van der Waals surface area contributed by atoms with Crippen molar-refractivity contribution in [1.82, 2.24) is 5.32 Å². The van der Waals surface area contributed by atoms with E-state index in [-0.39, 0.29) is 36.0 Å². The molecule has 4 atom stereocenters. The molecule has 22 heavy (non-hydrogen) atoms. The van der Waals surface area contributed by atoms with E-state index in [0.29, 0.717) is 12.3 Å². The number of fused-ring (bicyclic) bond motifs is 2. The fraction of sp³-hybridized carbons (Fsp3) is 0.588. The molecule has 0 spiro atoms. The molecule has 5 heteroatoms. The van der Waals surface area contributed by atoms with Crippen molar-refractivity contribution < 1.29 is 18.7 Å². The lowest BCUT2D eigenvalue weighted by molar-refractivity contribution is -0.126. The van der Waals surface area contributed by atoms with Crippen molar-refractivity contribution in [2.45, 2.75) is 50.9 Å². The van der Waals surface area contributed by atoms with Gasteiger partial charge in [0.2, 0.25) is 5.91 Å². The van der Waals surface area contributed by atoms with E-state index in [2.05, 4.69) is 5.32 Å². The smallest absolute Gasteiger partial charge is 0.225 e. The van der Waals surface area contributed by atoms with E-state index >= 15 is 0 Å². The van der Waals surface area contributed by atoms with E-state index in [1.54, 1.807) is 12.1 Å². The number of benzene rings is 1. The largest absolute Gasteiger partial charge is 0.489 e. The monoisotopic (exact) mass is 307 g/mol. The number of hydrogen-bond acceptors (Lipinski definition) is 3. The molecule has 120 valence electrons. The molecule has 0 saturated carbocycles. The topological polar surface area (TPSA) is 47.6 Å². The molecule has 2 bridgehead atoms. The second-order valence-electron chi connectivity index (χ2n) is 6.07. The van der Waals surface area contributed by atoms with Crippen LogP contribution in [0.3, 0.4) is 0 Å². The first-order valence-electron chi connectivity index (χ1n) is 8.01. The van der Waals surface area contributed by atoms with Crippen LogP contribution in [-0.2, 0) is 9.53 Å². The molecule has 2 fully saturated rings. The maximum atomic E-state index is 13.2. The molecule has 0 radical (unpaired) electrons. The quantitative estimate of drug-likeness (QED) is 0.879. The molecule has 4 nitrogen and oxygen atoms in total. The summed E-state index contributed by atoms with van der Waals surface area (Å²) in [6.45, 7) is 2.41. The summed E-state index contributed by atoms with van der Waals surface area (Å²) in [4.78, 5) is 12.3. The Hall–Kier alpha value is -1.62. The molecule has 2 saturated heterocycles. The summed E-state index contributed by atoms with van der Waals surface area (Å²) in [6, 6.07) is 6.07. The number of hydrogen-bond donors (Lipinski definition) is 1. The predicted molar refractivity (Wildman–Crippen MR) is 80.1 cm³/mol. The van der Waals surface area contributed by atoms with Crippen LogP contribution in [-0.4, -0.2) is 30.8 Å². The first kappa shape index (κ1) is 15.3. The van der Waals surface area contributed by atoms with Crippen molar-refractivity contribution in [3.8, 4) is 5.75 Å². The highest BCUT2D eigenvalue weighted by molar-refractivity contribution is 5.79. The molecular weight excluding hydrogens is 285 g/mol. The molecule has 1 amide bonds. The normalized spacial score (nSPS) is 27.6. The second kappa shape index (κ2) is 6.65. The molecule has 1 aromatic rings. The van der Waals surface area contributed by atoms with Gasteiger partial charge in [-0.2, -0.15) is 0 Å². The van der Waals surface area contributed by atoms with Crippen LogP contribution in [0.2, 0.25) is 0 Å². The SMILES string of the molecule is CCC(CNC(=O)C1CC2CCC1O2)Oc1cccc(F)c1. The number of halogens is 1. The maximum Gasteiger partial charge on any atom is 0.225 e. The summed E-state index contributed by atoms with van der Waals surface area (Å²) >= 11 is 0. The average Bonchev–Trinajstić information content (AvgIpc) is 3.14. The van der Waals surface area contributed by atoms with Gasteiger partial charge >= 0.3 is 0 Å².